The molecule has 4 rings (SSSR count). The maximum atomic E-state index is 12.8. The van der Waals surface area contributed by atoms with E-state index in [0.717, 1.165) is 5.57 Å². The Hall–Kier alpha value is -2.19. The van der Waals surface area contributed by atoms with Crippen molar-refractivity contribution in [3.63, 3.8) is 0 Å². The average Bonchev–Trinajstić information content (AvgIpc) is 3.43. The first-order chi connectivity index (χ1) is 13.9. The number of ether oxygens (including phenoxy) is 5. The van der Waals surface area contributed by atoms with E-state index in [1.807, 2.05) is 13.8 Å². The standard InChI is InChI=1S/C22H28O8/c1-10-7-15-18(11(2)19(24)27-15)16(28-20(25)22(6)12(3)29-22)9-21(5)17(30-21)8-14(10)26-13(4)23/h7,12,14-18H,2,8-9H2,1,3-6H3/b10-7-/t12-,14-,15+,16+,17+,18-,21-,22+/m0/s1. The second-order valence-electron chi connectivity index (χ2n) is 9.10. The number of epoxide rings is 2. The van der Waals surface area contributed by atoms with Gasteiger partial charge in [-0.2, -0.15) is 0 Å². The minimum atomic E-state index is -0.980. The van der Waals surface area contributed by atoms with Crippen molar-refractivity contribution in [2.24, 2.45) is 5.92 Å². The molecular formula is C22H28O8. The molecule has 8 nitrogen and oxygen atoms in total. The lowest BCUT2D eigenvalue weighted by atomic mass is 9.82. The van der Waals surface area contributed by atoms with Crippen LogP contribution in [0.3, 0.4) is 0 Å². The normalized spacial score (nSPS) is 46.5. The molecule has 30 heavy (non-hydrogen) atoms. The number of carbonyl (C=O) groups excluding carboxylic acids is 3. The maximum Gasteiger partial charge on any atom is 0.341 e. The molecular weight excluding hydrogens is 392 g/mol. The largest absolute Gasteiger partial charge is 0.459 e. The van der Waals surface area contributed by atoms with E-state index in [2.05, 4.69) is 6.58 Å². The first-order valence-corrected chi connectivity index (χ1v) is 10.3. The fourth-order valence-electron chi connectivity index (χ4n) is 4.48. The van der Waals surface area contributed by atoms with Gasteiger partial charge in [-0.15, -0.1) is 0 Å². The minimum absolute atomic E-state index is 0.166. The van der Waals surface area contributed by atoms with Crippen LogP contribution in [-0.2, 0) is 38.1 Å². The first-order valence-electron chi connectivity index (χ1n) is 10.3. The lowest BCUT2D eigenvalue weighted by Crippen LogP contribution is -2.40. The van der Waals surface area contributed by atoms with Crippen molar-refractivity contribution < 1.29 is 38.1 Å². The van der Waals surface area contributed by atoms with E-state index in [4.69, 9.17) is 23.7 Å². The molecule has 164 valence electrons. The summed E-state index contributed by atoms with van der Waals surface area (Å²) in [6.45, 7) is 12.5. The van der Waals surface area contributed by atoms with E-state index in [9.17, 15) is 14.4 Å². The summed E-state index contributed by atoms with van der Waals surface area (Å²) in [5.41, 5.74) is -0.554. The summed E-state index contributed by atoms with van der Waals surface area (Å²) in [5, 5.41) is 0. The highest BCUT2D eigenvalue weighted by Gasteiger charge is 2.61. The van der Waals surface area contributed by atoms with Gasteiger partial charge in [0.2, 0.25) is 0 Å². The Balaban J connectivity index is 1.67. The van der Waals surface area contributed by atoms with Crippen LogP contribution in [0.4, 0.5) is 0 Å². The van der Waals surface area contributed by atoms with E-state index >= 15 is 0 Å². The highest BCUT2D eigenvalue weighted by molar-refractivity contribution is 5.91. The molecule has 1 aliphatic carbocycles. The second kappa shape index (κ2) is 6.92. The van der Waals surface area contributed by atoms with Gasteiger partial charge in [-0.25, -0.2) is 9.59 Å². The summed E-state index contributed by atoms with van der Waals surface area (Å²) in [4.78, 5) is 36.7. The van der Waals surface area contributed by atoms with E-state index in [-0.39, 0.29) is 17.8 Å². The van der Waals surface area contributed by atoms with Gasteiger partial charge in [0.05, 0.1) is 23.7 Å². The van der Waals surface area contributed by atoms with Crippen LogP contribution in [-0.4, -0.2) is 59.6 Å². The van der Waals surface area contributed by atoms with Crippen LogP contribution in [0.5, 0.6) is 0 Å². The number of hydrogen-bond acceptors (Lipinski definition) is 8. The Labute approximate surface area is 175 Å². The number of carbonyl (C=O) groups is 3. The van der Waals surface area contributed by atoms with E-state index in [1.165, 1.54) is 6.92 Å². The third kappa shape index (κ3) is 3.56. The van der Waals surface area contributed by atoms with Crippen molar-refractivity contribution in [2.75, 3.05) is 0 Å². The maximum absolute atomic E-state index is 12.8. The zero-order valence-corrected chi connectivity index (χ0v) is 17.9. The van der Waals surface area contributed by atoms with Gasteiger partial charge in [-0.05, 0) is 39.3 Å². The van der Waals surface area contributed by atoms with E-state index in [1.54, 1.807) is 19.9 Å². The predicted octanol–water partition coefficient (Wildman–Crippen LogP) is 2.00. The molecule has 3 fully saturated rings. The molecule has 0 aromatic rings. The lowest BCUT2D eigenvalue weighted by molar-refractivity contribution is -0.159. The van der Waals surface area contributed by atoms with Gasteiger partial charge in [-0.1, -0.05) is 6.58 Å². The Morgan fingerprint density at radius 2 is 1.90 bits per heavy atom. The van der Waals surface area contributed by atoms with Crippen LogP contribution in [0, 0.1) is 5.92 Å². The highest BCUT2D eigenvalue weighted by Crippen LogP contribution is 2.49. The van der Waals surface area contributed by atoms with Crippen LogP contribution in [0.15, 0.2) is 23.8 Å². The van der Waals surface area contributed by atoms with E-state index in [0.29, 0.717) is 12.8 Å². The predicted molar refractivity (Wildman–Crippen MR) is 103 cm³/mol. The SMILES string of the molecule is C=C1C(=O)O[C@@H]2/C=C(/C)[C@@H](OC(C)=O)C[C@H]3O[C@@]3(C)C[C@@H](OC(=O)[C@]3(C)O[C@H]3C)[C@@H]12. The second-order valence-corrected chi connectivity index (χ2v) is 9.10. The van der Waals surface area contributed by atoms with Crippen molar-refractivity contribution in [2.45, 2.75) is 89.2 Å². The number of esters is 3. The highest BCUT2D eigenvalue weighted by atomic mass is 16.7. The quantitative estimate of drug-likeness (QED) is 0.225. The van der Waals surface area contributed by atoms with Crippen molar-refractivity contribution in [1.82, 2.24) is 0 Å². The summed E-state index contributed by atoms with van der Waals surface area (Å²) in [7, 11) is 0. The molecule has 0 aromatic carbocycles. The Morgan fingerprint density at radius 1 is 1.23 bits per heavy atom. The topological polar surface area (TPSA) is 104 Å². The molecule has 0 amide bonds. The van der Waals surface area contributed by atoms with Gasteiger partial charge < -0.3 is 23.7 Å². The van der Waals surface area contributed by atoms with Crippen molar-refractivity contribution in [3.05, 3.63) is 23.8 Å². The number of fused-ring (bicyclic) bond motifs is 2. The molecule has 0 saturated carbocycles. The Morgan fingerprint density at radius 3 is 2.50 bits per heavy atom. The molecule has 3 saturated heterocycles. The summed E-state index contributed by atoms with van der Waals surface area (Å²) < 4.78 is 28.3. The molecule has 0 unspecified atom stereocenters. The van der Waals surface area contributed by atoms with Crippen molar-refractivity contribution in [1.29, 1.82) is 0 Å². The van der Waals surface area contributed by atoms with Gasteiger partial charge >= 0.3 is 17.9 Å². The molecule has 0 aromatic heterocycles. The molecule has 0 radical (unpaired) electrons. The summed E-state index contributed by atoms with van der Waals surface area (Å²) in [5.74, 6) is -1.96. The molecule has 8 heteroatoms. The molecule has 8 atom stereocenters. The van der Waals surface area contributed by atoms with Crippen LogP contribution in [0.25, 0.3) is 0 Å². The third-order valence-electron chi connectivity index (χ3n) is 6.78. The molecule has 4 aliphatic rings. The molecule has 0 bridgehead atoms. The zero-order valence-electron chi connectivity index (χ0n) is 17.9. The van der Waals surface area contributed by atoms with E-state index < -0.39 is 53.3 Å². The average molecular weight is 420 g/mol. The van der Waals surface area contributed by atoms with Crippen LogP contribution < -0.4 is 0 Å². The smallest absolute Gasteiger partial charge is 0.341 e. The van der Waals surface area contributed by atoms with Crippen LogP contribution in [0.2, 0.25) is 0 Å². The lowest BCUT2D eigenvalue weighted by Gasteiger charge is -2.30. The Kier molecular flexibility index (Phi) is 4.86. The van der Waals surface area contributed by atoms with Gasteiger partial charge in [0.25, 0.3) is 0 Å². The van der Waals surface area contributed by atoms with Gasteiger partial charge in [0.1, 0.15) is 18.3 Å². The number of rotatable bonds is 3. The van der Waals surface area contributed by atoms with Gasteiger partial charge in [0.15, 0.2) is 5.60 Å². The molecule has 3 heterocycles. The third-order valence-corrected chi connectivity index (χ3v) is 6.78. The van der Waals surface area contributed by atoms with Gasteiger partial charge in [0, 0.05) is 25.3 Å². The van der Waals surface area contributed by atoms with Crippen LogP contribution >= 0.6 is 0 Å². The summed E-state index contributed by atoms with van der Waals surface area (Å²) in [6, 6.07) is 0. The minimum Gasteiger partial charge on any atom is -0.459 e. The van der Waals surface area contributed by atoms with Crippen LogP contribution in [0.1, 0.15) is 47.5 Å². The monoisotopic (exact) mass is 420 g/mol. The fraction of sp³-hybridized carbons (Fsp3) is 0.682. The van der Waals surface area contributed by atoms with Crippen molar-refractivity contribution >= 4 is 17.9 Å². The first kappa shape index (κ1) is 21.1. The fourth-order valence-corrected chi connectivity index (χ4v) is 4.48. The summed E-state index contributed by atoms with van der Waals surface area (Å²) in [6.07, 6.45) is 0.384. The van der Waals surface area contributed by atoms with Gasteiger partial charge in [-0.3, -0.25) is 4.79 Å². The number of hydrogen-bond donors (Lipinski definition) is 0. The van der Waals surface area contributed by atoms with Crippen molar-refractivity contribution in [3.8, 4) is 0 Å². The molecule has 3 aliphatic heterocycles. The Bertz CT molecular complexity index is 846. The molecule has 0 spiro atoms. The zero-order chi connectivity index (χ0) is 22.0. The summed E-state index contributed by atoms with van der Waals surface area (Å²) >= 11 is 0. The molecule has 0 N–H and O–H groups in total.